The number of imide groups is 1. The number of carbonyl (C=O) groups is 4. The van der Waals surface area contributed by atoms with E-state index in [0.29, 0.717) is 11.1 Å². The van der Waals surface area contributed by atoms with Gasteiger partial charge in [0, 0.05) is 17.6 Å². The third-order valence-electron chi connectivity index (χ3n) is 2.46. The predicted octanol–water partition coefficient (Wildman–Crippen LogP) is -0.758. The number of carbonyl (C=O) groups excluding carboxylic acids is 2. The Morgan fingerprint density at radius 1 is 1.16 bits per heavy atom. The van der Waals surface area contributed by atoms with Gasteiger partial charge in [-0.05, 0) is 20.3 Å². The van der Waals surface area contributed by atoms with Crippen LogP contribution in [0.25, 0.3) is 0 Å². The Labute approximate surface area is 109 Å². The van der Waals surface area contributed by atoms with Crippen molar-refractivity contribution in [2.24, 2.45) is 5.73 Å². The SMILES string of the molecule is CC1=C(C)C(=O)NC1=O.N[C@@H](CCC(=O)O)C(=O)O. The molecule has 0 fully saturated rings. The number of hydrogen-bond donors (Lipinski definition) is 4. The van der Waals surface area contributed by atoms with E-state index >= 15 is 0 Å². The van der Waals surface area contributed by atoms with E-state index in [2.05, 4.69) is 5.32 Å². The number of hydrogen-bond acceptors (Lipinski definition) is 5. The second-order valence-electron chi connectivity index (χ2n) is 3.91. The first-order chi connectivity index (χ1) is 8.66. The van der Waals surface area contributed by atoms with Gasteiger partial charge in [-0.15, -0.1) is 0 Å². The fraction of sp³-hybridized carbons (Fsp3) is 0.455. The minimum atomic E-state index is -1.17. The van der Waals surface area contributed by atoms with Gasteiger partial charge in [-0.1, -0.05) is 0 Å². The molecule has 0 saturated carbocycles. The van der Waals surface area contributed by atoms with Crippen LogP contribution in [0, 0.1) is 0 Å². The summed E-state index contributed by atoms with van der Waals surface area (Å²) in [6, 6.07) is -1.06. The van der Waals surface area contributed by atoms with Crippen molar-refractivity contribution >= 4 is 23.8 Å². The van der Waals surface area contributed by atoms with E-state index in [1.807, 2.05) is 0 Å². The number of amides is 2. The lowest BCUT2D eigenvalue weighted by Gasteiger charge is -2.01. The van der Waals surface area contributed by atoms with E-state index in [0.717, 1.165) is 0 Å². The highest BCUT2D eigenvalue weighted by Crippen LogP contribution is 2.09. The van der Waals surface area contributed by atoms with Crippen molar-refractivity contribution in [1.29, 1.82) is 0 Å². The van der Waals surface area contributed by atoms with Crippen LogP contribution in [0.2, 0.25) is 0 Å². The fourth-order valence-electron chi connectivity index (χ4n) is 1.03. The quantitative estimate of drug-likeness (QED) is 0.492. The summed E-state index contributed by atoms with van der Waals surface area (Å²) in [4.78, 5) is 41.1. The molecule has 0 aromatic carbocycles. The fourth-order valence-corrected chi connectivity index (χ4v) is 1.03. The molecule has 0 saturated heterocycles. The monoisotopic (exact) mass is 272 g/mol. The van der Waals surface area contributed by atoms with Crippen LogP contribution in [0.4, 0.5) is 0 Å². The molecule has 0 bridgehead atoms. The normalized spacial score (nSPS) is 15.5. The molecular weight excluding hydrogens is 256 g/mol. The summed E-state index contributed by atoms with van der Waals surface area (Å²) in [7, 11) is 0. The average molecular weight is 272 g/mol. The molecule has 8 heteroatoms. The molecule has 0 aromatic rings. The molecule has 0 unspecified atom stereocenters. The molecule has 106 valence electrons. The van der Waals surface area contributed by atoms with Gasteiger partial charge in [0.25, 0.3) is 11.8 Å². The maximum atomic E-state index is 10.6. The zero-order valence-corrected chi connectivity index (χ0v) is 10.6. The molecule has 0 radical (unpaired) electrons. The van der Waals surface area contributed by atoms with E-state index in [-0.39, 0.29) is 24.7 Å². The van der Waals surface area contributed by atoms with Crippen LogP contribution in [0.1, 0.15) is 26.7 Å². The smallest absolute Gasteiger partial charge is 0.320 e. The van der Waals surface area contributed by atoms with Gasteiger partial charge in [0.2, 0.25) is 0 Å². The molecule has 19 heavy (non-hydrogen) atoms. The maximum absolute atomic E-state index is 10.6. The van der Waals surface area contributed by atoms with Gasteiger partial charge < -0.3 is 15.9 Å². The van der Waals surface area contributed by atoms with Crippen molar-refractivity contribution in [3.8, 4) is 0 Å². The minimum absolute atomic E-state index is 0.0231. The molecule has 1 aliphatic heterocycles. The summed E-state index contributed by atoms with van der Waals surface area (Å²) >= 11 is 0. The highest BCUT2D eigenvalue weighted by atomic mass is 16.4. The molecular formula is C11H16N2O6. The van der Waals surface area contributed by atoms with Gasteiger partial charge >= 0.3 is 11.9 Å². The molecule has 1 rings (SSSR count). The largest absolute Gasteiger partial charge is 0.481 e. The first-order valence-corrected chi connectivity index (χ1v) is 5.40. The third-order valence-corrected chi connectivity index (χ3v) is 2.46. The summed E-state index contributed by atoms with van der Waals surface area (Å²) in [6.07, 6.45) is -0.224. The zero-order chi connectivity index (χ0) is 15.2. The van der Waals surface area contributed by atoms with Crippen molar-refractivity contribution in [3.63, 3.8) is 0 Å². The van der Waals surface area contributed by atoms with Crippen LogP contribution in [0.3, 0.4) is 0 Å². The van der Waals surface area contributed by atoms with Crippen molar-refractivity contribution < 1.29 is 29.4 Å². The molecule has 0 aliphatic carbocycles. The van der Waals surface area contributed by atoms with Crippen molar-refractivity contribution in [2.75, 3.05) is 0 Å². The van der Waals surface area contributed by atoms with E-state index < -0.39 is 18.0 Å². The van der Waals surface area contributed by atoms with E-state index in [1.165, 1.54) is 0 Å². The van der Waals surface area contributed by atoms with E-state index in [9.17, 15) is 19.2 Å². The Balaban J connectivity index is 0.000000342. The lowest BCUT2D eigenvalue weighted by Crippen LogP contribution is -2.30. The van der Waals surface area contributed by atoms with Crippen LogP contribution < -0.4 is 11.1 Å². The van der Waals surface area contributed by atoms with Crippen molar-refractivity contribution in [1.82, 2.24) is 5.32 Å². The van der Waals surface area contributed by atoms with Gasteiger partial charge in [0.1, 0.15) is 6.04 Å². The first-order valence-electron chi connectivity index (χ1n) is 5.40. The molecule has 1 aliphatic rings. The van der Waals surface area contributed by atoms with Crippen LogP contribution >= 0.6 is 0 Å². The standard InChI is InChI=1S/C6H7NO2.C5H9NO4/c1-3-4(2)6(9)7-5(3)8;6-3(5(9)10)1-2-4(7)8/h1-2H3,(H,7,8,9);3H,1-2,6H2,(H,7,8)(H,9,10)/t;3-/m.0/s1. The van der Waals surface area contributed by atoms with Crippen LogP contribution in [0.15, 0.2) is 11.1 Å². The molecule has 0 spiro atoms. The Morgan fingerprint density at radius 2 is 1.58 bits per heavy atom. The topological polar surface area (TPSA) is 147 Å². The minimum Gasteiger partial charge on any atom is -0.481 e. The lowest BCUT2D eigenvalue weighted by molar-refractivity contribution is -0.140. The number of carboxylic acid groups (broad SMARTS) is 2. The van der Waals surface area contributed by atoms with Crippen molar-refractivity contribution in [3.05, 3.63) is 11.1 Å². The summed E-state index contributed by atoms with van der Waals surface area (Å²) in [5.74, 6) is -2.73. The first kappa shape index (κ1) is 16.8. The summed E-state index contributed by atoms with van der Waals surface area (Å²) < 4.78 is 0. The number of rotatable bonds is 4. The number of nitrogens with two attached hydrogens (primary N) is 1. The summed E-state index contributed by atoms with van der Waals surface area (Å²) in [5.41, 5.74) is 6.06. The Morgan fingerprint density at radius 3 is 1.79 bits per heavy atom. The second kappa shape index (κ2) is 7.27. The number of carboxylic acids is 2. The lowest BCUT2D eigenvalue weighted by atomic mass is 10.2. The predicted molar refractivity (Wildman–Crippen MR) is 64.0 cm³/mol. The summed E-state index contributed by atoms with van der Waals surface area (Å²) in [6.45, 7) is 3.27. The second-order valence-corrected chi connectivity index (χ2v) is 3.91. The molecule has 5 N–H and O–H groups in total. The van der Waals surface area contributed by atoms with Gasteiger partial charge in [0.15, 0.2) is 0 Å². The van der Waals surface area contributed by atoms with Crippen LogP contribution in [-0.2, 0) is 19.2 Å². The van der Waals surface area contributed by atoms with E-state index in [1.54, 1.807) is 13.8 Å². The molecule has 1 heterocycles. The molecule has 2 amide bonds. The molecule has 8 nitrogen and oxygen atoms in total. The van der Waals surface area contributed by atoms with Gasteiger partial charge in [0.05, 0.1) is 0 Å². The average Bonchev–Trinajstić information content (AvgIpc) is 2.53. The highest BCUT2D eigenvalue weighted by molar-refractivity contribution is 6.18. The Bertz CT molecular complexity index is 418. The third kappa shape index (κ3) is 5.77. The van der Waals surface area contributed by atoms with E-state index in [4.69, 9.17) is 15.9 Å². The molecule has 1 atom stereocenters. The Kier molecular flexibility index (Phi) is 6.42. The van der Waals surface area contributed by atoms with Gasteiger partial charge in [-0.2, -0.15) is 0 Å². The number of aliphatic carboxylic acids is 2. The maximum Gasteiger partial charge on any atom is 0.320 e. The highest BCUT2D eigenvalue weighted by Gasteiger charge is 2.22. The van der Waals surface area contributed by atoms with Crippen LogP contribution in [0.5, 0.6) is 0 Å². The number of nitrogens with one attached hydrogen (secondary N) is 1. The van der Waals surface area contributed by atoms with Gasteiger partial charge in [-0.3, -0.25) is 24.5 Å². The van der Waals surface area contributed by atoms with Crippen LogP contribution in [-0.4, -0.2) is 40.0 Å². The molecule has 0 aromatic heterocycles. The van der Waals surface area contributed by atoms with Gasteiger partial charge in [-0.25, -0.2) is 0 Å². The zero-order valence-electron chi connectivity index (χ0n) is 10.6. The van der Waals surface area contributed by atoms with Crippen molar-refractivity contribution in [2.45, 2.75) is 32.7 Å². The summed E-state index contributed by atoms with van der Waals surface area (Å²) in [5, 5.41) is 18.4. The Hall–Kier alpha value is -2.22.